The van der Waals surface area contributed by atoms with Crippen LogP contribution in [0.1, 0.15) is 49.7 Å². The highest BCUT2D eigenvalue weighted by Crippen LogP contribution is 2.52. The zero-order valence-corrected chi connectivity index (χ0v) is 11.1. The molecule has 1 aliphatic carbocycles. The van der Waals surface area contributed by atoms with E-state index in [1.807, 2.05) is 0 Å². The van der Waals surface area contributed by atoms with Gasteiger partial charge in [0.1, 0.15) is 0 Å². The molecule has 1 unspecified atom stereocenters. The molecule has 0 spiro atoms. The highest BCUT2D eigenvalue weighted by atomic mass is 15.0. The Kier molecular flexibility index (Phi) is 2.05. The lowest BCUT2D eigenvalue weighted by atomic mass is 9.80. The molecular formula is C14H20N2. The Balaban J connectivity index is 2.85. The van der Waals surface area contributed by atoms with E-state index in [4.69, 9.17) is 0 Å². The van der Waals surface area contributed by atoms with Gasteiger partial charge in [0.05, 0.1) is 11.5 Å². The van der Waals surface area contributed by atoms with Crippen molar-refractivity contribution in [3.63, 3.8) is 0 Å². The average Bonchev–Trinajstić information content (AvgIpc) is 2.55. The second kappa shape index (κ2) is 2.91. The molecule has 0 fully saturated rings. The minimum atomic E-state index is -0.311. The molecule has 2 heteroatoms. The number of nitriles is 1. The first-order valence-electron chi connectivity index (χ1n) is 5.83. The van der Waals surface area contributed by atoms with Gasteiger partial charge in [-0.25, -0.2) is 0 Å². The summed E-state index contributed by atoms with van der Waals surface area (Å²) in [5.41, 5.74) is 5.06. The summed E-state index contributed by atoms with van der Waals surface area (Å²) < 4.78 is 2.22. The van der Waals surface area contributed by atoms with Crippen LogP contribution in [0.5, 0.6) is 0 Å². The lowest BCUT2D eigenvalue weighted by Gasteiger charge is -2.23. The lowest BCUT2D eigenvalue weighted by molar-refractivity contribution is 0.433. The molecular weight excluding hydrogens is 196 g/mol. The molecule has 0 N–H and O–H groups in total. The van der Waals surface area contributed by atoms with E-state index in [1.54, 1.807) is 0 Å². The number of hydrogen-bond acceptors (Lipinski definition) is 1. The first kappa shape index (κ1) is 11.3. The Bertz CT molecular complexity index is 500. The van der Waals surface area contributed by atoms with Gasteiger partial charge in [0.25, 0.3) is 0 Å². The third kappa shape index (κ3) is 1.12. The third-order valence-corrected chi connectivity index (χ3v) is 4.25. The normalized spacial score (nSPS) is 26.6. The van der Waals surface area contributed by atoms with Crippen LogP contribution in [0.2, 0.25) is 0 Å². The van der Waals surface area contributed by atoms with Gasteiger partial charge in [-0.1, -0.05) is 13.8 Å². The van der Waals surface area contributed by atoms with E-state index in [0.717, 1.165) is 6.42 Å². The fourth-order valence-electron chi connectivity index (χ4n) is 3.61. The van der Waals surface area contributed by atoms with Crippen molar-refractivity contribution in [2.45, 2.75) is 51.9 Å². The van der Waals surface area contributed by atoms with Crippen LogP contribution in [0.3, 0.4) is 0 Å². The lowest BCUT2D eigenvalue weighted by Crippen LogP contribution is -2.22. The van der Waals surface area contributed by atoms with Gasteiger partial charge in [-0.05, 0) is 43.7 Å². The number of hydrogen-bond donors (Lipinski definition) is 0. The van der Waals surface area contributed by atoms with Gasteiger partial charge in [-0.2, -0.15) is 5.26 Å². The van der Waals surface area contributed by atoms with Crippen molar-refractivity contribution in [1.29, 1.82) is 5.26 Å². The minimum Gasteiger partial charge on any atom is -0.352 e. The standard InChI is InChI=1S/C14H20N2/c1-9-11-12(10(2)16(9)6)14(5,8-15)7-13(11,3)4/h7H2,1-6H3. The maximum Gasteiger partial charge on any atom is 0.0822 e. The first-order valence-corrected chi connectivity index (χ1v) is 5.83. The van der Waals surface area contributed by atoms with Crippen LogP contribution < -0.4 is 0 Å². The molecule has 1 aromatic heterocycles. The summed E-state index contributed by atoms with van der Waals surface area (Å²) >= 11 is 0. The van der Waals surface area contributed by atoms with E-state index in [0.29, 0.717) is 0 Å². The number of aromatic nitrogens is 1. The molecule has 0 amide bonds. The van der Waals surface area contributed by atoms with Crippen molar-refractivity contribution < 1.29 is 0 Å². The zero-order valence-electron chi connectivity index (χ0n) is 11.1. The van der Waals surface area contributed by atoms with E-state index >= 15 is 0 Å². The molecule has 1 aliphatic rings. The van der Waals surface area contributed by atoms with E-state index in [-0.39, 0.29) is 10.8 Å². The van der Waals surface area contributed by atoms with Crippen LogP contribution in [0.15, 0.2) is 0 Å². The SMILES string of the molecule is Cc1c2c(c(C)n1C)C(C)(C#N)CC2(C)C. The van der Waals surface area contributed by atoms with Crippen molar-refractivity contribution >= 4 is 0 Å². The molecule has 1 aromatic rings. The van der Waals surface area contributed by atoms with E-state index < -0.39 is 0 Å². The van der Waals surface area contributed by atoms with E-state index in [1.165, 1.54) is 22.5 Å². The molecule has 0 radical (unpaired) electrons. The van der Waals surface area contributed by atoms with E-state index in [9.17, 15) is 5.26 Å². The molecule has 0 aromatic carbocycles. The van der Waals surface area contributed by atoms with Crippen molar-refractivity contribution in [3.05, 3.63) is 22.5 Å². The minimum absolute atomic E-state index is 0.121. The summed E-state index contributed by atoms with van der Waals surface area (Å²) in [5.74, 6) is 0. The Labute approximate surface area is 97.9 Å². The predicted octanol–water partition coefficient (Wildman–Crippen LogP) is 3.10. The summed E-state index contributed by atoms with van der Waals surface area (Å²) in [7, 11) is 2.09. The zero-order chi connectivity index (χ0) is 12.3. The molecule has 2 nitrogen and oxygen atoms in total. The summed E-state index contributed by atoms with van der Waals surface area (Å²) in [6.45, 7) is 10.9. The summed E-state index contributed by atoms with van der Waals surface area (Å²) in [6.07, 6.45) is 0.934. The number of nitrogens with zero attached hydrogens (tertiary/aromatic N) is 2. The fourth-order valence-corrected chi connectivity index (χ4v) is 3.61. The third-order valence-electron chi connectivity index (χ3n) is 4.25. The predicted molar refractivity (Wildman–Crippen MR) is 65.5 cm³/mol. The fraction of sp³-hybridized carbons (Fsp3) is 0.643. The molecule has 0 bridgehead atoms. The molecule has 0 aliphatic heterocycles. The largest absolute Gasteiger partial charge is 0.352 e. The van der Waals surface area contributed by atoms with Gasteiger partial charge in [-0.15, -0.1) is 0 Å². The van der Waals surface area contributed by atoms with Crippen molar-refractivity contribution in [1.82, 2.24) is 4.57 Å². The van der Waals surface area contributed by atoms with Gasteiger partial charge < -0.3 is 4.57 Å². The van der Waals surface area contributed by atoms with Crippen LogP contribution in [-0.4, -0.2) is 4.57 Å². The summed E-state index contributed by atoms with van der Waals surface area (Å²) in [5, 5.41) is 9.47. The van der Waals surface area contributed by atoms with Gasteiger partial charge in [-0.3, -0.25) is 0 Å². The van der Waals surface area contributed by atoms with E-state index in [2.05, 4.69) is 52.3 Å². The molecule has 0 saturated carbocycles. The molecule has 16 heavy (non-hydrogen) atoms. The summed E-state index contributed by atoms with van der Waals surface area (Å²) in [4.78, 5) is 0. The Morgan fingerprint density at radius 1 is 1.12 bits per heavy atom. The molecule has 0 saturated heterocycles. The molecule has 1 atom stereocenters. The Morgan fingerprint density at radius 3 is 2.12 bits per heavy atom. The molecule has 2 rings (SSSR count). The number of fused-ring (bicyclic) bond motifs is 1. The average molecular weight is 216 g/mol. The van der Waals surface area contributed by atoms with Gasteiger partial charge in [0.15, 0.2) is 0 Å². The molecule has 86 valence electrons. The first-order chi connectivity index (χ1) is 7.24. The van der Waals surface area contributed by atoms with Crippen molar-refractivity contribution in [3.8, 4) is 6.07 Å². The summed E-state index contributed by atoms with van der Waals surface area (Å²) in [6, 6.07) is 2.52. The highest BCUT2D eigenvalue weighted by molar-refractivity contribution is 5.54. The van der Waals surface area contributed by atoms with Crippen molar-refractivity contribution in [2.75, 3.05) is 0 Å². The van der Waals surface area contributed by atoms with Gasteiger partial charge >= 0.3 is 0 Å². The molecule has 1 heterocycles. The van der Waals surface area contributed by atoms with Gasteiger partial charge in [0, 0.05) is 18.4 Å². The van der Waals surface area contributed by atoms with Crippen LogP contribution in [-0.2, 0) is 17.9 Å². The Morgan fingerprint density at radius 2 is 1.62 bits per heavy atom. The number of rotatable bonds is 0. The second-order valence-electron chi connectivity index (χ2n) is 5.98. The monoisotopic (exact) mass is 216 g/mol. The van der Waals surface area contributed by atoms with Crippen LogP contribution in [0.25, 0.3) is 0 Å². The van der Waals surface area contributed by atoms with Crippen LogP contribution in [0.4, 0.5) is 0 Å². The topological polar surface area (TPSA) is 28.7 Å². The van der Waals surface area contributed by atoms with Crippen LogP contribution >= 0.6 is 0 Å². The quantitative estimate of drug-likeness (QED) is 0.655. The van der Waals surface area contributed by atoms with Crippen LogP contribution in [0, 0.1) is 25.2 Å². The maximum absolute atomic E-state index is 9.47. The maximum atomic E-state index is 9.47. The highest BCUT2D eigenvalue weighted by Gasteiger charge is 2.48. The smallest absolute Gasteiger partial charge is 0.0822 e. The van der Waals surface area contributed by atoms with Gasteiger partial charge in [0.2, 0.25) is 0 Å². The second-order valence-corrected chi connectivity index (χ2v) is 5.98. The van der Waals surface area contributed by atoms with Crippen molar-refractivity contribution in [2.24, 2.45) is 7.05 Å². The Hall–Kier alpha value is -1.23.